The summed E-state index contributed by atoms with van der Waals surface area (Å²) in [7, 11) is -5.92. The van der Waals surface area contributed by atoms with E-state index in [1.54, 1.807) is 24.8 Å². The van der Waals surface area contributed by atoms with E-state index in [-0.39, 0.29) is 0 Å². The minimum absolute atomic E-state index is 1.74. The fraction of sp³-hybridized carbons (Fsp3) is 0.750. The molecule has 64 valence electrons. The molecule has 0 aliphatic heterocycles. The molecule has 0 saturated carbocycles. The van der Waals surface area contributed by atoms with E-state index < -0.39 is 18.6 Å². The van der Waals surface area contributed by atoms with E-state index in [1.165, 1.54) is 0 Å². The van der Waals surface area contributed by atoms with Crippen LogP contribution in [0.3, 0.4) is 0 Å². The summed E-state index contributed by atoms with van der Waals surface area (Å²) in [5.41, 5.74) is 0. The van der Waals surface area contributed by atoms with Crippen LogP contribution in [-0.2, 0) is 14.2 Å². The molecule has 0 aromatic heterocycles. The molecule has 0 unspecified atom stereocenters. The van der Waals surface area contributed by atoms with Crippen molar-refractivity contribution in [2.75, 3.05) is 0 Å². The Kier molecular flexibility index (Phi) is 3.53. The average Bonchev–Trinajstić information content (AvgIpc) is 1.55. The van der Waals surface area contributed by atoms with Gasteiger partial charge < -0.3 is 0 Å². The molecule has 0 aliphatic rings. The first-order valence-electron chi connectivity index (χ1n) is 2.81. The average molecular weight is 211 g/mol. The Morgan fingerprint density at radius 2 is 1.91 bits per heavy atom. The van der Waals surface area contributed by atoms with Crippen LogP contribution in [0, 0.1) is 0 Å². The molecule has 0 atom stereocenters. The van der Waals surface area contributed by atoms with Gasteiger partial charge in [0.05, 0.1) is 5.16 Å². The maximum Gasteiger partial charge on any atom is 0.379 e. The fourth-order valence-corrected chi connectivity index (χ4v) is 3.42. The van der Waals surface area contributed by atoms with E-state index in [9.17, 15) is 8.42 Å². The summed E-state index contributed by atoms with van der Waals surface area (Å²) in [6.07, 6.45) is 0. The van der Waals surface area contributed by atoms with Crippen LogP contribution in [0.25, 0.3) is 0 Å². The lowest BCUT2D eigenvalue weighted by Crippen LogP contribution is -2.28. The van der Waals surface area contributed by atoms with Crippen molar-refractivity contribution in [3.05, 3.63) is 0 Å². The van der Waals surface area contributed by atoms with Crippen molar-refractivity contribution >= 4 is 36.0 Å². The molecule has 7 heteroatoms. The van der Waals surface area contributed by atoms with Crippen LogP contribution in [-0.4, -0.2) is 21.9 Å². The Hall–Kier alpha value is -0.0731. The molecular weight excluding hydrogens is 202 g/mol. The van der Waals surface area contributed by atoms with Gasteiger partial charge >= 0.3 is 10.3 Å². The van der Waals surface area contributed by atoms with Crippen molar-refractivity contribution in [1.29, 1.82) is 0 Å². The highest BCUT2D eigenvalue weighted by Gasteiger charge is 2.23. The summed E-state index contributed by atoms with van der Waals surface area (Å²) in [6, 6.07) is 0. The molecule has 0 bridgehead atoms. The molecule has 0 amide bonds. The maximum atomic E-state index is 10.8. The third-order valence-corrected chi connectivity index (χ3v) is 3.87. The number of hydrogen-bond acceptors (Lipinski definition) is 4. The lowest BCUT2D eigenvalue weighted by Gasteiger charge is -2.12. The molecule has 0 saturated heterocycles. The van der Waals surface area contributed by atoms with Crippen molar-refractivity contribution in [1.82, 2.24) is 0 Å². The molecular formula is C4H9NO3S2Si. The van der Waals surface area contributed by atoms with Gasteiger partial charge in [-0.1, -0.05) is 4.40 Å². The monoisotopic (exact) mass is 211 g/mol. The summed E-state index contributed by atoms with van der Waals surface area (Å²) in [5.74, 6) is 0. The predicted molar refractivity (Wildman–Crippen MR) is 48.4 cm³/mol. The van der Waals surface area contributed by atoms with Gasteiger partial charge in [-0.3, -0.25) is 3.87 Å². The van der Waals surface area contributed by atoms with Crippen LogP contribution in [0.2, 0.25) is 19.6 Å². The van der Waals surface area contributed by atoms with E-state index in [1.807, 2.05) is 0 Å². The third-order valence-electron chi connectivity index (χ3n) is 0.504. The fourth-order valence-electron chi connectivity index (χ4n) is 0.380. The molecule has 0 fully saturated rings. The highest BCUT2D eigenvalue weighted by molar-refractivity contribution is 7.87. The van der Waals surface area contributed by atoms with Gasteiger partial charge in [-0.15, -0.1) is 0 Å². The van der Waals surface area contributed by atoms with Crippen molar-refractivity contribution in [3.63, 3.8) is 0 Å². The van der Waals surface area contributed by atoms with Gasteiger partial charge in [0.2, 0.25) is 8.32 Å². The zero-order chi connectivity index (χ0) is 9.12. The normalized spacial score (nSPS) is 12.3. The quantitative estimate of drug-likeness (QED) is 0.400. The maximum absolute atomic E-state index is 10.8. The standard InChI is InChI=1S/C4H9NO3S2Si/c1-11(2,3)8-10(6,7)5-4-9/h1-3H3. The summed E-state index contributed by atoms with van der Waals surface area (Å²) in [4.78, 5) is 0. The smallest absolute Gasteiger partial charge is 0.298 e. The van der Waals surface area contributed by atoms with Crippen molar-refractivity contribution in [2.24, 2.45) is 4.40 Å². The SMILES string of the molecule is C[Si](C)(C)OS(=O)(=O)N=C=S. The van der Waals surface area contributed by atoms with Gasteiger partial charge in [0.1, 0.15) is 0 Å². The van der Waals surface area contributed by atoms with E-state index in [4.69, 9.17) is 0 Å². The highest BCUT2D eigenvalue weighted by Crippen LogP contribution is 2.08. The molecule has 0 aromatic carbocycles. The highest BCUT2D eigenvalue weighted by atomic mass is 32.2. The van der Waals surface area contributed by atoms with Gasteiger partial charge in [-0.05, 0) is 31.9 Å². The largest absolute Gasteiger partial charge is 0.379 e. The summed E-state index contributed by atoms with van der Waals surface area (Å²) >= 11 is 4.13. The molecule has 0 radical (unpaired) electrons. The lowest BCUT2D eigenvalue weighted by atomic mass is 11.8. The Bertz CT molecular complexity index is 272. The first kappa shape index (κ1) is 10.9. The molecule has 0 rings (SSSR count). The molecule has 11 heavy (non-hydrogen) atoms. The van der Waals surface area contributed by atoms with Gasteiger partial charge in [-0.25, -0.2) is 0 Å². The summed E-state index contributed by atoms with van der Waals surface area (Å²) < 4.78 is 29.1. The van der Waals surface area contributed by atoms with Crippen molar-refractivity contribution in [2.45, 2.75) is 19.6 Å². The first-order valence-corrected chi connectivity index (χ1v) is 8.00. The van der Waals surface area contributed by atoms with Crippen LogP contribution in [0.4, 0.5) is 0 Å². The lowest BCUT2D eigenvalue weighted by molar-refractivity contribution is 0.488. The van der Waals surface area contributed by atoms with E-state index in [0.29, 0.717) is 0 Å². The third kappa shape index (κ3) is 6.33. The number of rotatable bonds is 3. The van der Waals surface area contributed by atoms with Crippen LogP contribution >= 0.6 is 12.2 Å². The van der Waals surface area contributed by atoms with Crippen LogP contribution in [0.5, 0.6) is 0 Å². The van der Waals surface area contributed by atoms with E-state index >= 15 is 0 Å². The van der Waals surface area contributed by atoms with E-state index in [2.05, 4.69) is 20.5 Å². The molecule has 0 spiro atoms. The number of nitrogens with zero attached hydrogens (tertiary/aromatic N) is 1. The molecule has 0 N–H and O–H groups in total. The van der Waals surface area contributed by atoms with Gasteiger partial charge in [0.15, 0.2) is 0 Å². The number of hydrogen-bond donors (Lipinski definition) is 0. The first-order chi connectivity index (χ1) is 4.77. The minimum atomic E-state index is -3.82. The van der Waals surface area contributed by atoms with Gasteiger partial charge in [0, 0.05) is 0 Å². The van der Waals surface area contributed by atoms with Crippen molar-refractivity contribution in [3.8, 4) is 0 Å². The van der Waals surface area contributed by atoms with Crippen LogP contribution in [0.1, 0.15) is 0 Å². The predicted octanol–water partition coefficient (Wildman–Crippen LogP) is 1.19. The van der Waals surface area contributed by atoms with Crippen molar-refractivity contribution < 1.29 is 12.3 Å². The minimum Gasteiger partial charge on any atom is -0.298 e. The Labute approximate surface area is 72.7 Å². The Balaban J connectivity index is 4.52. The van der Waals surface area contributed by atoms with E-state index in [0.717, 1.165) is 0 Å². The second-order valence-electron chi connectivity index (χ2n) is 2.81. The van der Waals surface area contributed by atoms with Crippen LogP contribution < -0.4 is 0 Å². The number of isothiocyanates is 1. The Morgan fingerprint density at radius 3 is 2.18 bits per heavy atom. The summed E-state index contributed by atoms with van der Waals surface area (Å²) in [5, 5.41) is 1.75. The van der Waals surface area contributed by atoms with Gasteiger partial charge in [0.25, 0.3) is 0 Å². The molecule has 0 aromatic rings. The van der Waals surface area contributed by atoms with Gasteiger partial charge in [-0.2, -0.15) is 8.42 Å². The molecule has 4 nitrogen and oxygen atoms in total. The zero-order valence-corrected chi connectivity index (χ0v) is 9.12. The zero-order valence-electron chi connectivity index (χ0n) is 6.49. The van der Waals surface area contributed by atoms with Crippen LogP contribution in [0.15, 0.2) is 4.40 Å². The summed E-state index contributed by atoms with van der Waals surface area (Å²) in [6.45, 7) is 5.22. The second-order valence-corrected chi connectivity index (χ2v) is 8.92. The molecule has 0 heterocycles. The number of thiocarbonyl (C=S) groups is 1. The Morgan fingerprint density at radius 1 is 1.45 bits per heavy atom. The topological polar surface area (TPSA) is 55.7 Å². The second kappa shape index (κ2) is 3.55. The molecule has 0 aliphatic carbocycles.